The molecule has 0 spiro atoms. The monoisotopic (exact) mass is 256 g/mol. The average molecular weight is 257 g/mol. The van der Waals surface area contributed by atoms with E-state index >= 15 is 0 Å². The number of benzene rings is 2. The molecule has 1 aliphatic carbocycles. The molecule has 0 radical (unpaired) electrons. The molecule has 0 saturated carbocycles. The Hall–Kier alpha value is -1.60. The van der Waals surface area contributed by atoms with E-state index in [-0.39, 0.29) is 11.2 Å². The summed E-state index contributed by atoms with van der Waals surface area (Å²) in [7, 11) is 0. The third kappa shape index (κ3) is 1.58. The number of fused-ring (bicyclic) bond motifs is 1. The Morgan fingerprint density at radius 2 is 1.72 bits per heavy atom. The molecule has 0 aromatic heterocycles. The molecule has 1 unspecified atom stereocenters. The summed E-state index contributed by atoms with van der Waals surface area (Å²) < 4.78 is 0. The lowest BCUT2D eigenvalue weighted by Crippen LogP contribution is -2.20. The van der Waals surface area contributed by atoms with Gasteiger partial charge in [-0.3, -0.25) is 4.79 Å². The second-order valence-electron chi connectivity index (χ2n) is 4.98. The summed E-state index contributed by atoms with van der Waals surface area (Å²) in [6, 6.07) is 15.7. The first-order valence-corrected chi connectivity index (χ1v) is 6.38. The molecular formula is C16H13ClO. The molecule has 1 nitrogen and oxygen atoms in total. The molecule has 90 valence electrons. The van der Waals surface area contributed by atoms with Gasteiger partial charge < -0.3 is 0 Å². The number of hydrogen-bond acceptors (Lipinski definition) is 1. The second-order valence-corrected chi connectivity index (χ2v) is 5.42. The highest BCUT2D eigenvalue weighted by atomic mass is 35.5. The highest BCUT2D eigenvalue weighted by molar-refractivity contribution is 6.30. The van der Waals surface area contributed by atoms with Crippen molar-refractivity contribution in [3.8, 4) is 0 Å². The molecule has 1 atom stereocenters. The van der Waals surface area contributed by atoms with Crippen LogP contribution in [0.5, 0.6) is 0 Å². The normalized spacial score (nSPS) is 22.0. The standard InChI is InChI=1S/C16H13ClO/c1-16(11-6-8-12(17)9-7-11)10-15(18)13-4-2-3-5-14(13)16/h2-9H,10H2,1H3. The van der Waals surface area contributed by atoms with Crippen LogP contribution in [0.15, 0.2) is 48.5 Å². The van der Waals surface area contributed by atoms with Gasteiger partial charge in [0.25, 0.3) is 0 Å². The van der Waals surface area contributed by atoms with E-state index in [1.165, 1.54) is 0 Å². The van der Waals surface area contributed by atoms with Crippen molar-refractivity contribution in [3.63, 3.8) is 0 Å². The Balaban J connectivity index is 2.17. The summed E-state index contributed by atoms with van der Waals surface area (Å²) in [4.78, 5) is 12.1. The fourth-order valence-electron chi connectivity index (χ4n) is 2.79. The molecule has 2 aromatic carbocycles. The lowest BCUT2D eigenvalue weighted by atomic mass is 9.77. The number of Topliss-reactive ketones (excluding diaryl/α,β-unsaturated/α-hetero) is 1. The number of halogens is 1. The first-order chi connectivity index (χ1) is 8.61. The Kier molecular flexibility index (Phi) is 2.53. The molecule has 0 heterocycles. The van der Waals surface area contributed by atoms with E-state index in [1.807, 2.05) is 42.5 Å². The molecule has 0 bridgehead atoms. The van der Waals surface area contributed by atoms with E-state index in [0.717, 1.165) is 21.7 Å². The first-order valence-electron chi connectivity index (χ1n) is 6.00. The van der Waals surface area contributed by atoms with E-state index in [1.54, 1.807) is 0 Å². The Morgan fingerprint density at radius 1 is 1.06 bits per heavy atom. The predicted molar refractivity (Wildman–Crippen MR) is 73.3 cm³/mol. The van der Waals surface area contributed by atoms with Gasteiger partial charge in [-0.15, -0.1) is 0 Å². The predicted octanol–water partition coefficient (Wildman–Crippen LogP) is 4.23. The molecule has 18 heavy (non-hydrogen) atoms. The third-order valence-corrected chi connectivity index (χ3v) is 4.07. The summed E-state index contributed by atoms with van der Waals surface area (Å²) in [6.45, 7) is 2.12. The van der Waals surface area contributed by atoms with E-state index in [2.05, 4.69) is 13.0 Å². The summed E-state index contributed by atoms with van der Waals surface area (Å²) >= 11 is 5.93. The topological polar surface area (TPSA) is 17.1 Å². The fourth-order valence-corrected chi connectivity index (χ4v) is 2.92. The summed E-state index contributed by atoms with van der Waals surface area (Å²) in [5.74, 6) is 0.225. The Morgan fingerprint density at radius 3 is 2.44 bits per heavy atom. The lowest BCUT2D eigenvalue weighted by Gasteiger charge is -2.25. The van der Waals surface area contributed by atoms with Gasteiger partial charge in [0.1, 0.15) is 0 Å². The highest BCUT2D eigenvalue weighted by Crippen LogP contribution is 2.43. The van der Waals surface area contributed by atoms with Crippen molar-refractivity contribution in [2.45, 2.75) is 18.8 Å². The number of carbonyl (C=O) groups excluding carboxylic acids is 1. The van der Waals surface area contributed by atoms with Crippen molar-refractivity contribution >= 4 is 17.4 Å². The Bertz CT molecular complexity index is 615. The zero-order valence-electron chi connectivity index (χ0n) is 10.1. The number of carbonyl (C=O) groups is 1. The first kappa shape index (κ1) is 11.5. The second kappa shape index (κ2) is 3.96. The smallest absolute Gasteiger partial charge is 0.164 e. The van der Waals surface area contributed by atoms with Gasteiger partial charge in [0.15, 0.2) is 5.78 Å². The van der Waals surface area contributed by atoms with Crippen LogP contribution in [-0.2, 0) is 5.41 Å². The SMILES string of the molecule is CC1(c2ccc(Cl)cc2)CC(=O)c2ccccc21. The largest absolute Gasteiger partial charge is 0.294 e. The van der Waals surface area contributed by atoms with Gasteiger partial charge in [-0.1, -0.05) is 54.9 Å². The molecule has 0 aliphatic heterocycles. The molecule has 1 aliphatic rings. The van der Waals surface area contributed by atoms with Crippen LogP contribution in [0.25, 0.3) is 0 Å². The van der Waals surface area contributed by atoms with Gasteiger partial charge in [0, 0.05) is 22.4 Å². The summed E-state index contributed by atoms with van der Waals surface area (Å²) in [6.07, 6.45) is 0.536. The van der Waals surface area contributed by atoms with Crippen molar-refractivity contribution in [2.24, 2.45) is 0 Å². The van der Waals surface area contributed by atoms with E-state index < -0.39 is 0 Å². The number of hydrogen-bond donors (Lipinski definition) is 0. The molecular weight excluding hydrogens is 244 g/mol. The highest BCUT2D eigenvalue weighted by Gasteiger charge is 2.40. The van der Waals surface area contributed by atoms with Crippen LogP contribution >= 0.6 is 11.6 Å². The van der Waals surface area contributed by atoms with Gasteiger partial charge in [-0.05, 0) is 23.3 Å². The van der Waals surface area contributed by atoms with Gasteiger partial charge in [-0.25, -0.2) is 0 Å². The van der Waals surface area contributed by atoms with E-state index in [0.29, 0.717) is 6.42 Å². The lowest BCUT2D eigenvalue weighted by molar-refractivity contribution is 0.0982. The number of rotatable bonds is 1. The summed E-state index contributed by atoms with van der Waals surface area (Å²) in [5, 5.41) is 0.722. The average Bonchev–Trinajstić information content (AvgIpc) is 2.64. The maximum Gasteiger partial charge on any atom is 0.164 e. The van der Waals surface area contributed by atoms with Crippen LogP contribution in [0.2, 0.25) is 5.02 Å². The minimum absolute atomic E-state index is 0.224. The molecule has 0 fully saturated rings. The van der Waals surface area contributed by atoms with Crippen LogP contribution in [-0.4, -0.2) is 5.78 Å². The van der Waals surface area contributed by atoms with Crippen molar-refractivity contribution in [2.75, 3.05) is 0 Å². The maximum atomic E-state index is 12.1. The van der Waals surface area contributed by atoms with E-state index in [4.69, 9.17) is 11.6 Å². The third-order valence-electron chi connectivity index (χ3n) is 3.82. The van der Waals surface area contributed by atoms with Crippen molar-refractivity contribution in [1.29, 1.82) is 0 Å². The van der Waals surface area contributed by atoms with Gasteiger partial charge in [0.05, 0.1) is 0 Å². The van der Waals surface area contributed by atoms with Crippen LogP contribution < -0.4 is 0 Å². The van der Waals surface area contributed by atoms with Crippen LogP contribution in [0.4, 0.5) is 0 Å². The van der Waals surface area contributed by atoms with Crippen molar-refractivity contribution in [3.05, 3.63) is 70.2 Å². The quantitative estimate of drug-likeness (QED) is 0.746. The zero-order valence-corrected chi connectivity index (χ0v) is 10.9. The Labute approximate surface area is 111 Å². The van der Waals surface area contributed by atoms with Crippen molar-refractivity contribution in [1.82, 2.24) is 0 Å². The molecule has 0 N–H and O–H groups in total. The minimum atomic E-state index is -0.224. The van der Waals surface area contributed by atoms with Gasteiger partial charge >= 0.3 is 0 Å². The molecule has 0 saturated heterocycles. The molecule has 0 amide bonds. The number of ketones is 1. The zero-order chi connectivity index (χ0) is 12.8. The minimum Gasteiger partial charge on any atom is -0.294 e. The summed E-state index contributed by atoms with van der Waals surface area (Å²) in [5.41, 5.74) is 2.90. The molecule has 2 aromatic rings. The molecule has 2 heteroatoms. The van der Waals surface area contributed by atoms with Crippen LogP contribution in [0.3, 0.4) is 0 Å². The van der Waals surface area contributed by atoms with Crippen LogP contribution in [0, 0.1) is 0 Å². The van der Waals surface area contributed by atoms with Crippen LogP contribution in [0.1, 0.15) is 34.8 Å². The maximum absolute atomic E-state index is 12.1. The van der Waals surface area contributed by atoms with Crippen molar-refractivity contribution < 1.29 is 4.79 Å². The van der Waals surface area contributed by atoms with Gasteiger partial charge in [0.2, 0.25) is 0 Å². The van der Waals surface area contributed by atoms with Gasteiger partial charge in [-0.2, -0.15) is 0 Å². The van der Waals surface area contributed by atoms with E-state index in [9.17, 15) is 4.79 Å². The fraction of sp³-hybridized carbons (Fsp3) is 0.188. The molecule has 3 rings (SSSR count).